The molecule has 8 heteroatoms. The molecular formula is C32H25Br2N3O3. The van der Waals surface area contributed by atoms with Gasteiger partial charge in [-0.15, -0.1) is 6.58 Å². The fourth-order valence-electron chi connectivity index (χ4n) is 4.30. The second kappa shape index (κ2) is 12.4. The van der Waals surface area contributed by atoms with Gasteiger partial charge >= 0.3 is 0 Å². The highest BCUT2D eigenvalue weighted by Gasteiger charge is 2.15. The summed E-state index contributed by atoms with van der Waals surface area (Å²) in [4.78, 5) is 18.3. The van der Waals surface area contributed by atoms with Gasteiger partial charge in [0.05, 0.1) is 24.2 Å². The minimum absolute atomic E-state index is 0.251. The van der Waals surface area contributed by atoms with Crippen LogP contribution in [0.5, 0.6) is 11.5 Å². The number of nitrogens with zero attached hydrogens (tertiary/aromatic N) is 3. The molecule has 0 aliphatic carbocycles. The van der Waals surface area contributed by atoms with Gasteiger partial charge in [-0.1, -0.05) is 86.5 Å². The summed E-state index contributed by atoms with van der Waals surface area (Å²) in [5.74, 6) is 1.64. The molecule has 6 nitrogen and oxygen atoms in total. The Bertz CT molecular complexity index is 1780. The number of ether oxygens (including phenoxy) is 2. The van der Waals surface area contributed by atoms with Crippen molar-refractivity contribution < 1.29 is 9.47 Å². The molecule has 1 heterocycles. The molecule has 0 aliphatic rings. The first kappa shape index (κ1) is 27.6. The molecule has 40 heavy (non-hydrogen) atoms. The molecule has 0 saturated heterocycles. The Labute approximate surface area is 248 Å². The van der Waals surface area contributed by atoms with Gasteiger partial charge in [0, 0.05) is 25.6 Å². The monoisotopic (exact) mass is 657 g/mol. The van der Waals surface area contributed by atoms with Crippen molar-refractivity contribution in [2.75, 3.05) is 7.11 Å². The Hall–Kier alpha value is -4.01. The van der Waals surface area contributed by atoms with Crippen molar-refractivity contribution in [3.05, 3.63) is 134 Å². The zero-order valence-corrected chi connectivity index (χ0v) is 24.9. The number of fused-ring (bicyclic) bond motifs is 1. The summed E-state index contributed by atoms with van der Waals surface area (Å²) < 4.78 is 15.2. The number of methoxy groups -OCH3 is 1. The van der Waals surface area contributed by atoms with Gasteiger partial charge in [-0.25, -0.2) is 4.98 Å². The van der Waals surface area contributed by atoms with Crippen molar-refractivity contribution in [1.82, 2.24) is 9.66 Å². The van der Waals surface area contributed by atoms with Gasteiger partial charge in [0.1, 0.15) is 6.61 Å². The molecule has 0 N–H and O–H groups in total. The van der Waals surface area contributed by atoms with Crippen molar-refractivity contribution in [3.8, 4) is 22.9 Å². The standard InChI is InChI=1S/C32H25Br2N3O3/c1-3-9-23-16-21(17-29(39-2)30(23)40-20-24-14-15-25(33)18-27(24)34)19-35-37-31(22-10-5-4-6-11-22)36-28-13-8-7-12-26(28)32(37)38/h3-8,10-19H,1,9,20H2,2H3. The van der Waals surface area contributed by atoms with Crippen LogP contribution in [0.4, 0.5) is 0 Å². The van der Waals surface area contributed by atoms with Crippen molar-refractivity contribution in [3.63, 3.8) is 0 Å². The number of benzene rings is 4. The van der Waals surface area contributed by atoms with Crippen LogP contribution < -0.4 is 15.0 Å². The molecule has 0 radical (unpaired) electrons. The van der Waals surface area contributed by atoms with Crippen LogP contribution >= 0.6 is 31.9 Å². The summed E-state index contributed by atoms with van der Waals surface area (Å²) in [6.07, 6.45) is 4.00. The molecule has 0 amide bonds. The fraction of sp³-hybridized carbons (Fsp3) is 0.0938. The minimum atomic E-state index is -0.251. The van der Waals surface area contributed by atoms with E-state index in [1.165, 1.54) is 4.68 Å². The molecule has 5 rings (SSSR count). The molecule has 0 saturated carbocycles. The van der Waals surface area contributed by atoms with Gasteiger partial charge in [-0.05, 0) is 48.4 Å². The highest BCUT2D eigenvalue weighted by atomic mass is 79.9. The molecule has 1 aromatic heterocycles. The summed E-state index contributed by atoms with van der Waals surface area (Å²) >= 11 is 7.08. The zero-order valence-electron chi connectivity index (χ0n) is 21.7. The maximum atomic E-state index is 13.5. The van der Waals surface area contributed by atoms with Crippen molar-refractivity contribution in [2.45, 2.75) is 13.0 Å². The second-order valence-electron chi connectivity index (χ2n) is 8.91. The van der Waals surface area contributed by atoms with Crippen LogP contribution in [0.2, 0.25) is 0 Å². The SMILES string of the molecule is C=CCc1cc(C=Nn2c(-c3ccccc3)nc3ccccc3c2=O)cc(OC)c1OCc1ccc(Br)cc1Br. The number of allylic oxidation sites excluding steroid dienone is 1. The molecule has 0 atom stereocenters. The van der Waals surface area contributed by atoms with E-state index in [2.05, 4.69) is 43.5 Å². The van der Waals surface area contributed by atoms with Crippen LogP contribution in [0, 0.1) is 0 Å². The summed E-state index contributed by atoms with van der Waals surface area (Å²) in [6.45, 7) is 4.25. The van der Waals surface area contributed by atoms with Crippen LogP contribution in [0.1, 0.15) is 16.7 Å². The van der Waals surface area contributed by atoms with Gasteiger partial charge in [-0.3, -0.25) is 4.79 Å². The molecule has 5 aromatic rings. The van der Waals surface area contributed by atoms with E-state index < -0.39 is 0 Å². The predicted molar refractivity (Wildman–Crippen MR) is 167 cm³/mol. The number of hydrogen-bond donors (Lipinski definition) is 0. The molecule has 0 bridgehead atoms. The van der Waals surface area contributed by atoms with E-state index in [9.17, 15) is 4.79 Å². The van der Waals surface area contributed by atoms with Gasteiger partial charge < -0.3 is 9.47 Å². The maximum Gasteiger partial charge on any atom is 0.282 e. The van der Waals surface area contributed by atoms with E-state index in [4.69, 9.17) is 14.5 Å². The van der Waals surface area contributed by atoms with Crippen molar-refractivity contribution in [2.24, 2.45) is 5.10 Å². The molecule has 4 aromatic carbocycles. The highest BCUT2D eigenvalue weighted by molar-refractivity contribution is 9.11. The molecule has 0 aliphatic heterocycles. The Morgan fingerprint density at radius 2 is 1.75 bits per heavy atom. The molecule has 0 spiro atoms. The molecule has 0 unspecified atom stereocenters. The Balaban J connectivity index is 1.55. The normalized spacial score (nSPS) is 11.2. The number of para-hydroxylation sites is 1. The van der Waals surface area contributed by atoms with Gasteiger partial charge in [-0.2, -0.15) is 9.78 Å². The number of hydrogen-bond acceptors (Lipinski definition) is 5. The van der Waals surface area contributed by atoms with E-state index in [1.807, 2.05) is 84.9 Å². The average Bonchev–Trinajstić information content (AvgIpc) is 2.97. The lowest BCUT2D eigenvalue weighted by molar-refractivity contribution is 0.281. The number of aromatic nitrogens is 2. The Morgan fingerprint density at radius 1 is 0.975 bits per heavy atom. The van der Waals surface area contributed by atoms with Crippen molar-refractivity contribution in [1.29, 1.82) is 0 Å². The van der Waals surface area contributed by atoms with E-state index in [-0.39, 0.29) is 5.56 Å². The molecule has 200 valence electrons. The van der Waals surface area contributed by atoms with E-state index in [0.717, 1.165) is 31.2 Å². The van der Waals surface area contributed by atoms with E-state index in [1.54, 1.807) is 19.4 Å². The lowest BCUT2D eigenvalue weighted by Crippen LogP contribution is -2.20. The maximum absolute atomic E-state index is 13.5. The topological polar surface area (TPSA) is 65.7 Å². The summed E-state index contributed by atoms with van der Waals surface area (Å²) in [5, 5.41) is 5.10. The van der Waals surface area contributed by atoms with Crippen LogP contribution in [0.25, 0.3) is 22.3 Å². The third-order valence-corrected chi connectivity index (χ3v) is 7.46. The number of halogens is 2. The largest absolute Gasteiger partial charge is 0.493 e. The lowest BCUT2D eigenvalue weighted by atomic mass is 10.1. The average molecular weight is 659 g/mol. The predicted octanol–water partition coefficient (Wildman–Crippen LogP) is 7.79. The first-order valence-corrected chi connectivity index (χ1v) is 14.1. The van der Waals surface area contributed by atoms with E-state index >= 15 is 0 Å². The van der Waals surface area contributed by atoms with E-state index in [0.29, 0.717) is 41.3 Å². The molecular weight excluding hydrogens is 634 g/mol. The third kappa shape index (κ3) is 5.93. The third-order valence-electron chi connectivity index (χ3n) is 6.23. The summed E-state index contributed by atoms with van der Waals surface area (Å²) in [7, 11) is 1.60. The zero-order chi connectivity index (χ0) is 28.1. The van der Waals surface area contributed by atoms with Crippen molar-refractivity contribution >= 4 is 49.0 Å². The lowest BCUT2D eigenvalue weighted by Gasteiger charge is -2.16. The van der Waals surface area contributed by atoms with Crippen LogP contribution in [-0.2, 0) is 13.0 Å². The second-order valence-corrected chi connectivity index (χ2v) is 10.7. The first-order valence-electron chi connectivity index (χ1n) is 12.5. The quantitative estimate of drug-likeness (QED) is 0.120. The summed E-state index contributed by atoms with van der Waals surface area (Å²) in [6, 6.07) is 26.6. The fourth-order valence-corrected chi connectivity index (χ4v) is 5.46. The van der Waals surface area contributed by atoms with Crippen LogP contribution in [-0.4, -0.2) is 23.0 Å². The molecule has 0 fully saturated rings. The summed E-state index contributed by atoms with van der Waals surface area (Å²) in [5.41, 5.74) is 3.78. The van der Waals surface area contributed by atoms with Crippen LogP contribution in [0.15, 0.2) is 116 Å². The van der Waals surface area contributed by atoms with Gasteiger partial charge in [0.2, 0.25) is 0 Å². The Morgan fingerprint density at radius 3 is 2.50 bits per heavy atom. The minimum Gasteiger partial charge on any atom is -0.493 e. The van der Waals surface area contributed by atoms with Gasteiger partial charge in [0.15, 0.2) is 17.3 Å². The highest BCUT2D eigenvalue weighted by Crippen LogP contribution is 2.35. The first-order chi connectivity index (χ1) is 19.5. The van der Waals surface area contributed by atoms with Crippen LogP contribution in [0.3, 0.4) is 0 Å². The number of rotatable bonds is 9. The Kier molecular flexibility index (Phi) is 8.57. The van der Waals surface area contributed by atoms with Gasteiger partial charge in [0.25, 0.3) is 5.56 Å². The smallest absolute Gasteiger partial charge is 0.282 e.